The van der Waals surface area contributed by atoms with Gasteiger partial charge in [0.2, 0.25) is 0 Å². The molecule has 2 saturated carbocycles. The molecule has 0 aromatic rings. The monoisotopic (exact) mass is 578 g/mol. The lowest BCUT2D eigenvalue weighted by Crippen LogP contribution is -2.48. The molecule has 3 rings (SSSR count). The van der Waals surface area contributed by atoms with Crippen LogP contribution in [0.2, 0.25) is 0 Å². The van der Waals surface area contributed by atoms with Crippen LogP contribution >= 0.6 is 0 Å². The molecule has 1 heterocycles. The topological polar surface area (TPSA) is 86.7 Å². The van der Waals surface area contributed by atoms with Crippen molar-refractivity contribution in [2.75, 3.05) is 11.5 Å². The molecular formula is C25H36F6O6S. The third-order valence-corrected chi connectivity index (χ3v) is 10.2. The van der Waals surface area contributed by atoms with Gasteiger partial charge in [-0.2, -0.15) is 26.3 Å². The number of hydrogen-bond donors (Lipinski definition) is 0. The summed E-state index contributed by atoms with van der Waals surface area (Å²) < 4.78 is 113. The van der Waals surface area contributed by atoms with Crippen LogP contribution in [0.5, 0.6) is 0 Å². The maximum atomic E-state index is 13.0. The zero-order chi connectivity index (χ0) is 29.2. The van der Waals surface area contributed by atoms with Gasteiger partial charge in [0.1, 0.15) is 5.60 Å². The summed E-state index contributed by atoms with van der Waals surface area (Å²) in [6.45, 7) is 9.38. The number of carbonyl (C=O) groups is 2. The van der Waals surface area contributed by atoms with Crippen molar-refractivity contribution in [2.24, 2.45) is 46.8 Å². The largest absolute Gasteiger partial charge is 0.460 e. The van der Waals surface area contributed by atoms with Crippen LogP contribution in [0.1, 0.15) is 60.8 Å². The highest BCUT2D eigenvalue weighted by molar-refractivity contribution is 7.91. The summed E-state index contributed by atoms with van der Waals surface area (Å²) in [7, 11) is -3.32. The third-order valence-electron chi connectivity index (χ3n) is 8.25. The number of halogens is 6. The summed E-state index contributed by atoms with van der Waals surface area (Å²) in [6, 6.07) is 0. The Balaban J connectivity index is 1.90. The minimum Gasteiger partial charge on any atom is -0.460 e. The Morgan fingerprint density at radius 1 is 0.895 bits per heavy atom. The second kappa shape index (κ2) is 9.83. The molecule has 6 nitrogen and oxygen atoms in total. The minimum absolute atomic E-state index is 0.0158. The average Bonchev–Trinajstić information content (AvgIpc) is 3.32. The van der Waals surface area contributed by atoms with Gasteiger partial charge in [-0.25, -0.2) is 8.42 Å². The van der Waals surface area contributed by atoms with Crippen molar-refractivity contribution >= 4 is 21.8 Å². The molecule has 3 aliphatic rings. The van der Waals surface area contributed by atoms with Crippen molar-refractivity contribution < 1.29 is 53.8 Å². The molecule has 38 heavy (non-hydrogen) atoms. The van der Waals surface area contributed by atoms with Gasteiger partial charge >= 0.3 is 24.3 Å². The van der Waals surface area contributed by atoms with E-state index in [0.29, 0.717) is 12.8 Å². The van der Waals surface area contributed by atoms with Gasteiger partial charge in [-0.3, -0.25) is 9.59 Å². The molecule has 0 spiro atoms. The lowest BCUT2D eigenvalue weighted by atomic mass is 9.63. The van der Waals surface area contributed by atoms with Crippen LogP contribution in [0.3, 0.4) is 0 Å². The van der Waals surface area contributed by atoms with Crippen LogP contribution in [-0.4, -0.2) is 55.9 Å². The Labute approximate surface area is 219 Å². The van der Waals surface area contributed by atoms with Crippen molar-refractivity contribution in [1.82, 2.24) is 0 Å². The van der Waals surface area contributed by atoms with Gasteiger partial charge in [0, 0.05) is 0 Å². The number of sulfone groups is 1. The van der Waals surface area contributed by atoms with Crippen molar-refractivity contribution in [3.05, 3.63) is 0 Å². The highest BCUT2D eigenvalue weighted by atomic mass is 32.2. The predicted octanol–water partition coefficient (Wildman–Crippen LogP) is 5.35. The van der Waals surface area contributed by atoms with Crippen molar-refractivity contribution in [2.45, 2.75) is 84.9 Å². The summed E-state index contributed by atoms with van der Waals surface area (Å²) in [5, 5.41) is 0. The molecule has 2 aliphatic carbocycles. The Kier molecular flexibility index (Phi) is 8.02. The standard InChI is InChI=1S/C25H36F6O6S/c1-12-10-38(34,35)11-17(12)18-13-7-14(15(8-13)19(32)37-22(2,3)4)16(18)9-23(5,6)21(33)36-20(24(26,27)28)25(29,30)31/h12-18,20H,7-11H2,1-6H3. The van der Waals surface area contributed by atoms with E-state index in [9.17, 15) is 44.3 Å². The summed E-state index contributed by atoms with van der Waals surface area (Å²) in [5.74, 6) is -4.40. The quantitative estimate of drug-likeness (QED) is 0.312. The molecule has 1 aliphatic heterocycles. The summed E-state index contributed by atoms with van der Waals surface area (Å²) >= 11 is 0. The Bertz CT molecular complexity index is 1010. The first-order valence-electron chi connectivity index (χ1n) is 12.7. The molecule has 3 fully saturated rings. The zero-order valence-corrected chi connectivity index (χ0v) is 23.1. The first kappa shape index (κ1) is 31.0. The van der Waals surface area contributed by atoms with E-state index in [-0.39, 0.29) is 47.5 Å². The Hall–Kier alpha value is -1.53. The number of rotatable bonds is 6. The SMILES string of the molecule is CC1CS(=O)(=O)CC1C1C2CC(C(=O)OC(C)(C)C)C(C2)C1CC(C)(C)C(=O)OC(C(F)(F)F)C(F)(F)F. The molecule has 0 aromatic heterocycles. The molecular weight excluding hydrogens is 542 g/mol. The number of fused-ring (bicyclic) bond motifs is 2. The normalized spacial score (nSPS) is 33.6. The van der Waals surface area contributed by atoms with Gasteiger partial charge in [0.25, 0.3) is 6.10 Å². The average molecular weight is 579 g/mol. The Morgan fingerprint density at radius 2 is 1.45 bits per heavy atom. The number of alkyl halides is 6. The first-order valence-corrected chi connectivity index (χ1v) is 14.5. The van der Waals surface area contributed by atoms with E-state index in [2.05, 4.69) is 4.74 Å². The Morgan fingerprint density at radius 3 is 1.89 bits per heavy atom. The molecule has 7 atom stereocenters. The molecule has 0 amide bonds. The molecule has 7 unspecified atom stereocenters. The zero-order valence-electron chi connectivity index (χ0n) is 22.3. The van der Waals surface area contributed by atoms with Crippen LogP contribution in [0, 0.1) is 46.8 Å². The summed E-state index contributed by atoms with van der Waals surface area (Å²) in [5.41, 5.74) is -2.53. The van der Waals surface area contributed by atoms with E-state index < -0.39 is 63.1 Å². The molecule has 0 N–H and O–H groups in total. The highest BCUT2D eigenvalue weighted by Gasteiger charge is 2.63. The highest BCUT2D eigenvalue weighted by Crippen LogP contribution is 2.62. The van der Waals surface area contributed by atoms with Gasteiger partial charge < -0.3 is 9.47 Å². The van der Waals surface area contributed by atoms with E-state index in [1.807, 2.05) is 0 Å². The maximum absolute atomic E-state index is 13.0. The molecule has 0 aromatic carbocycles. The third kappa shape index (κ3) is 6.60. The van der Waals surface area contributed by atoms with E-state index >= 15 is 0 Å². The second-order valence-corrected chi connectivity index (χ2v) is 15.1. The van der Waals surface area contributed by atoms with Crippen LogP contribution in [0.15, 0.2) is 0 Å². The van der Waals surface area contributed by atoms with Crippen LogP contribution in [-0.2, 0) is 28.9 Å². The first-order chi connectivity index (χ1) is 16.9. The predicted molar refractivity (Wildman–Crippen MR) is 124 cm³/mol. The fourth-order valence-electron chi connectivity index (χ4n) is 6.94. The molecule has 220 valence electrons. The summed E-state index contributed by atoms with van der Waals surface area (Å²) in [4.78, 5) is 25.7. The van der Waals surface area contributed by atoms with Crippen LogP contribution < -0.4 is 0 Å². The van der Waals surface area contributed by atoms with Gasteiger partial charge in [-0.1, -0.05) is 6.92 Å². The lowest BCUT2D eigenvalue weighted by Gasteiger charge is -2.42. The van der Waals surface area contributed by atoms with Crippen molar-refractivity contribution in [3.63, 3.8) is 0 Å². The van der Waals surface area contributed by atoms with E-state index in [1.54, 1.807) is 27.7 Å². The number of carbonyl (C=O) groups excluding carboxylic acids is 2. The number of esters is 2. The maximum Gasteiger partial charge on any atom is 0.434 e. The minimum atomic E-state index is -5.84. The molecule has 2 bridgehead atoms. The van der Waals surface area contributed by atoms with Crippen LogP contribution in [0.4, 0.5) is 26.3 Å². The van der Waals surface area contributed by atoms with Gasteiger partial charge in [-0.15, -0.1) is 0 Å². The number of hydrogen-bond acceptors (Lipinski definition) is 6. The van der Waals surface area contributed by atoms with Gasteiger partial charge in [0.05, 0.1) is 22.8 Å². The van der Waals surface area contributed by atoms with Gasteiger partial charge in [0.15, 0.2) is 9.84 Å². The smallest absolute Gasteiger partial charge is 0.434 e. The fraction of sp³-hybridized carbons (Fsp3) is 0.920. The lowest BCUT2D eigenvalue weighted by molar-refractivity contribution is -0.315. The van der Waals surface area contributed by atoms with Crippen molar-refractivity contribution in [3.8, 4) is 0 Å². The number of ether oxygens (including phenoxy) is 2. The second-order valence-electron chi connectivity index (χ2n) is 13.0. The van der Waals surface area contributed by atoms with E-state index in [4.69, 9.17) is 4.74 Å². The van der Waals surface area contributed by atoms with Crippen molar-refractivity contribution in [1.29, 1.82) is 0 Å². The molecule has 0 radical (unpaired) electrons. The van der Waals surface area contributed by atoms with E-state index in [1.165, 1.54) is 13.8 Å². The summed E-state index contributed by atoms with van der Waals surface area (Å²) in [6.07, 6.45) is -15.1. The fourth-order valence-corrected chi connectivity index (χ4v) is 9.26. The van der Waals surface area contributed by atoms with Crippen LogP contribution in [0.25, 0.3) is 0 Å². The van der Waals surface area contributed by atoms with E-state index in [0.717, 1.165) is 0 Å². The molecule has 13 heteroatoms. The molecule has 1 saturated heterocycles. The van der Waals surface area contributed by atoms with Gasteiger partial charge in [-0.05, 0) is 89.4 Å².